The summed E-state index contributed by atoms with van der Waals surface area (Å²) in [6, 6.07) is 0. The van der Waals surface area contributed by atoms with Crippen LogP contribution in [0.5, 0.6) is 0 Å². The fourth-order valence-electron chi connectivity index (χ4n) is 1.10. The summed E-state index contributed by atoms with van der Waals surface area (Å²) in [6.45, 7) is 1.93. The van der Waals surface area contributed by atoms with E-state index in [2.05, 4.69) is 11.8 Å². The number of terminal acetylenes is 2. The molecule has 0 saturated carbocycles. The van der Waals surface area contributed by atoms with Gasteiger partial charge in [-0.3, -0.25) is 0 Å². The SMILES string of the molecule is C#CC1CP(C)(=S)OC1C#C. The van der Waals surface area contributed by atoms with Gasteiger partial charge in [0.05, 0.1) is 12.2 Å². The minimum atomic E-state index is -1.64. The highest BCUT2D eigenvalue weighted by Crippen LogP contribution is 2.53. The van der Waals surface area contributed by atoms with Crippen LogP contribution in [-0.4, -0.2) is 18.9 Å². The van der Waals surface area contributed by atoms with Crippen LogP contribution in [0.4, 0.5) is 0 Å². The Labute approximate surface area is 72.6 Å². The third-order valence-electron chi connectivity index (χ3n) is 1.61. The van der Waals surface area contributed by atoms with E-state index in [0.29, 0.717) is 0 Å². The molecule has 0 N–H and O–H groups in total. The van der Waals surface area contributed by atoms with Crippen molar-refractivity contribution in [3.8, 4) is 24.7 Å². The molecule has 1 aliphatic rings. The quantitative estimate of drug-likeness (QED) is 0.414. The van der Waals surface area contributed by atoms with E-state index in [1.54, 1.807) is 0 Å². The van der Waals surface area contributed by atoms with Gasteiger partial charge in [0.2, 0.25) is 0 Å². The summed E-state index contributed by atoms with van der Waals surface area (Å²) in [4.78, 5) is 0. The zero-order valence-electron chi connectivity index (χ0n) is 6.28. The lowest BCUT2D eigenvalue weighted by Crippen LogP contribution is -2.12. The Morgan fingerprint density at radius 2 is 2.18 bits per heavy atom. The molecule has 0 spiro atoms. The first-order valence-corrected chi connectivity index (χ1v) is 6.61. The number of rotatable bonds is 0. The minimum Gasteiger partial charge on any atom is -0.334 e. The molecule has 11 heavy (non-hydrogen) atoms. The molecule has 1 aliphatic heterocycles. The van der Waals surface area contributed by atoms with E-state index < -0.39 is 6.26 Å². The molecule has 0 aromatic rings. The van der Waals surface area contributed by atoms with Crippen LogP contribution in [0.2, 0.25) is 0 Å². The first kappa shape index (κ1) is 8.82. The Morgan fingerprint density at radius 1 is 1.55 bits per heavy atom. The molecule has 3 heteroatoms. The molecule has 0 bridgehead atoms. The Bertz CT molecular complexity index is 257. The first-order valence-electron chi connectivity index (χ1n) is 3.26. The highest BCUT2D eigenvalue weighted by molar-refractivity contribution is 8.12. The van der Waals surface area contributed by atoms with Crippen LogP contribution in [-0.2, 0) is 16.3 Å². The van der Waals surface area contributed by atoms with Crippen LogP contribution in [0.25, 0.3) is 0 Å². The molecule has 0 aromatic heterocycles. The topological polar surface area (TPSA) is 9.23 Å². The van der Waals surface area contributed by atoms with Gasteiger partial charge in [-0.05, 0) is 6.66 Å². The van der Waals surface area contributed by atoms with Crippen molar-refractivity contribution < 1.29 is 4.52 Å². The standard InChI is InChI=1S/C8H9OPS/c1-4-7-6-10(3,11)9-8(7)5-2/h1-2,7-8H,6H2,3H3. The van der Waals surface area contributed by atoms with Crippen molar-refractivity contribution in [2.24, 2.45) is 5.92 Å². The van der Waals surface area contributed by atoms with Crippen molar-refractivity contribution in [3.05, 3.63) is 0 Å². The van der Waals surface area contributed by atoms with E-state index in [9.17, 15) is 0 Å². The summed E-state index contributed by atoms with van der Waals surface area (Å²) in [7, 11) is 0. The maximum atomic E-state index is 5.45. The van der Waals surface area contributed by atoms with Gasteiger partial charge in [0.25, 0.3) is 0 Å². The third kappa shape index (κ3) is 1.85. The monoisotopic (exact) mass is 184 g/mol. The molecule has 1 rings (SSSR count). The average Bonchev–Trinajstić information content (AvgIpc) is 2.25. The van der Waals surface area contributed by atoms with Crippen molar-refractivity contribution in [1.82, 2.24) is 0 Å². The molecular formula is C8H9OPS. The van der Waals surface area contributed by atoms with Gasteiger partial charge in [-0.2, -0.15) is 0 Å². The summed E-state index contributed by atoms with van der Waals surface area (Å²) in [5.41, 5.74) is 0. The highest BCUT2D eigenvalue weighted by Gasteiger charge is 2.34. The maximum Gasteiger partial charge on any atom is 0.137 e. The van der Waals surface area contributed by atoms with E-state index in [1.165, 1.54) is 0 Å². The number of hydrogen-bond acceptors (Lipinski definition) is 2. The molecule has 1 nitrogen and oxygen atoms in total. The van der Waals surface area contributed by atoms with Crippen molar-refractivity contribution >= 4 is 18.1 Å². The summed E-state index contributed by atoms with van der Waals surface area (Å²) in [6.07, 6.45) is 9.39. The van der Waals surface area contributed by atoms with Crippen LogP contribution in [0.3, 0.4) is 0 Å². The second-order valence-corrected chi connectivity index (χ2v) is 7.58. The molecule has 0 amide bonds. The number of hydrogen-bond donors (Lipinski definition) is 0. The van der Waals surface area contributed by atoms with Crippen LogP contribution in [0, 0.1) is 30.6 Å². The van der Waals surface area contributed by atoms with Crippen LogP contribution < -0.4 is 0 Å². The van der Waals surface area contributed by atoms with E-state index >= 15 is 0 Å². The van der Waals surface area contributed by atoms with Crippen LogP contribution in [0.15, 0.2) is 0 Å². The maximum absolute atomic E-state index is 5.45. The molecule has 0 aromatic carbocycles. The molecule has 1 saturated heterocycles. The van der Waals surface area contributed by atoms with E-state index in [4.69, 9.17) is 29.2 Å². The lowest BCUT2D eigenvalue weighted by molar-refractivity contribution is 0.288. The van der Waals surface area contributed by atoms with Crippen LogP contribution >= 0.6 is 6.26 Å². The predicted molar refractivity (Wildman–Crippen MR) is 51.1 cm³/mol. The normalized spacial score (nSPS) is 42.8. The largest absolute Gasteiger partial charge is 0.334 e. The smallest absolute Gasteiger partial charge is 0.137 e. The van der Waals surface area contributed by atoms with Gasteiger partial charge >= 0.3 is 0 Å². The zero-order valence-corrected chi connectivity index (χ0v) is 7.99. The molecule has 0 radical (unpaired) electrons. The van der Waals surface area contributed by atoms with E-state index in [-0.39, 0.29) is 12.0 Å². The average molecular weight is 184 g/mol. The van der Waals surface area contributed by atoms with Gasteiger partial charge in [0.1, 0.15) is 6.10 Å². The van der Waals surface area contributed by atoms with Gasteiger partial charge in [0, 0.05) is 6.16 Å². The van der Waals surface area contributed by atoms with Gasteiger partial charge in [-0.15, -0.1) is 12.8 Å². The molecule has 3 atom stereocenters. The molecule has 58 valence electrons. The minimum absolute atomic E-state index is 0.0378. The van der Waals surface area contributed by atoms with E-state index in [0.717, 1.165) is 6.16 Å². The lowest BCUT2D eigenvalue weighted by atomic mass is 10.1. The Hall–Kier alpha value is -0.270. The van der Waals surface area contributed by atoms with Crippen molar-refractivity contribution in [1.29, 1.82) is 0 Å². The Kier molecular flexibility index (Phi) is 2.40. The third-order valence-corrected chi connectivity index (χ3v) is 4.04. The molecule has 0 aliphatic carbocycles. The summed E-state index contributed by atoms with van der Waals surface area (Å²) >= 11 is 5.19. The fraction of sp³-hybridized carbons (Fsp3) is 0.500. The second-order valence-electron chi connectivity index (χ2n) is 2.66. The van der Waals surface area contributed by atoms with Gasteiger partial charge < -0.3 is 4.52 Å². The first-order chi connectivity index (χ1) is 5.09. The van der Waals surface area contributed by atoms with Gasteiger partial charge in [0.15, 0.2) is 0 Å². The van der Waals surface area contributed by atoms with Crippen molar-refractivity contribution in [2.75, 3.05) is 12.8 Å². The molecule has 1 heterocycles. The summed E-state index contributed by atoms with van der Waals surface area (Å²) in [5.74, 6) is 5.17. The summed E-state index contributed by atoms with van der Waals surface area (Å²) in [5, 5.41) is 0. The molecule has 1 fully saturated rings. The molecular weight excluding hydrogens is 175 g/mol. The summed E-state index contributed by atoms with van der Waals surface area (Å²) < 4.78 is 5.45. The van der Waals surface area contributed by atoms with Crippen molar-refractivity contribution in [3.63, 3.8) is 0 Å². The second kappa shape index (κ2) is 3.00. The Morgan fingerprint density at radius 3 is 2.55 bits per heavy atom. The van der Waals surface area contributed by atoms with E-state index in [1.807, 2.05) is 6.66 Å². The zero-order chi connectivity index (χ0) is 8.48. The van der Waals surface area contributed by atoms with Gasteiger partial charge in [-0.1, -0.05) is 23.6 Å². The fourth-order valence-corrected chi connectivity index (χ4v) is 3.64. The molecule has 3 unspecified atom stereocenters. The van der Waals surface area contributed by atoms with Crippen LogP contribution in [0.1, 0.15) is 0 Å². The Balaban J connectivity index is 2.82. The predicted octanol–water partition coefficient (Wildman–Crippen LogP) is 1.29. The lowest BCUT2D eigenvalue weighted by Gasteiger charge is -2.06. The van der Waals surface area contributed by atoms with Crippen molar-refractivity contribution in [2.45, 2.75) is 6.10 Å². The highest BCUT2D eigenvalue weighted by atomic mass is 32.4. The van der Waals surface area contributed by atoms with Gasteiger partial charge in [-0.25, -0.2) is 0 Å².